The van der Waals surface area contributed by atoms with Crippen LogP contribution in [-0.2, 0) is 0 Å². The lowest BCUT2D eigenvalue weighted by atomic mass is 9.95. The molecule has 2 rings (SSSR count). The molecule has 4 heteroatoms. The van der Waals surface area contributed by atoms with Crippen LogP contribution in [0.4, 0.5) is 0 Å². The molecule has 0 aromatic heterocycles. The van der Waals surface area contributed by atoms with Crippen molar-refractivity contribution in [3.05, 3.63) is 28.8 Å². The second-order valence-corrected chi connectivity index (χ2v) is 4.70. The Morgan fingerprint density at radius 3 is 2.82 bits per heavy atom. The maximum atomic E-state index is 9.82. The molecule has 1 aliphatic rings. The lowest BCUT2D eigenvalue weighted by molar-refractivity contribution is 0.00674. The standard InChI is InChI=1S/C13H14ClNO2/c14-10-6-5-9(8-15)13(7-10)17-12-4-2-1-3-11(12)16/h5-7,11-12,16H,1-4H2. The zero-order valence-electron chi connectivity index (χ0n) is 9.40. The van der Waals surface area contributed by atoms with Crippen LogP contribution in [-0.4, -0.2) is 17.3 Å². The van der Waals surface area contributed by atoms with Gasteiger partial charge in [0.15, 0.2) is 0 Å². The van der Waals surface area contributed by atoms with E-state index in [0.29, 0.717) is 16.3 Å². The first-order valence-electron chi connectivity index (χ1n) is 5.75. The average Bonchev–Trinajstić information content (AvgIpc) is 2.32. The number of aliphatic hydroxyl groups excluding tert-OH is 1. The van der Waals surface area contributed by atoms with Crippen LogP contribution in [0.2, 0.25) is 5.02 Å². The second kappa shape index (κ2) is 5.39. The summed E-state index contributed by atoms with van der Waals surface area (Å²) in [6, 6.07) is 6.98. The van der Waals surface area contributed by atoms with Gasteiger partial charge in [-0.05, 0) is 31.4 Å². The van der Waals surface area contributed by atoms with E-state index in [1.807, 2.05) is 0 Å². The molecule has 1 aromatic carbocycles. The van der Waals surface area contributed by atoms with Crippen molar-refractivity contribution < 1.29 is 9.84 Å². The molecule has 1 aliphatic carbocycles. The van der Waals surface area contributed by atoms with E-state index in [4.69, 9.17) is 21.6 Å². The first-order valence-corrected chi connectivity index (χ1v) is 6.13. The second-order valence-electron chi connectivity index (χ2n) is 4.26. The monoisotopic (exact) mass is 251 g/mol. The van der Waals surface area contributed by atoms with Gasteiger partial charge in [-0.3, -0.25) is 0 Å². The third-order valence-corrected chi connectivity index (χ3v) is 3.25. The maximum absolute atomic E-state index is 9.82. The zero-order valence-corrected chi connectivity index (χ0v) is 10.2. The molecule has 2 atom stereocenters. The number of benzene rings is 1. The predicted octanol–water partition coefficient (Wildman–Crippen LogP) is 2.89. The van der Waals surface area contributed by atoms with Gasteiger partial charge in [-0.25, -0.2) is 0 Å². The topological polar surface area (TPSA) is 53.2 Å². The van der Waals surface area contributed by atoms with Crippen LogP contribution >= 0.6 is 11.6 Å². The molecular weight excluding hydrogens is 238 g/mol. The number of aliphatic hydroxyl groups is 1. The molecule has 90 valence electrons. The van der Waals surface area contributed by atoms with Gasteiger partial charge in [0.25, 0.3) is 0 Å². The summed E-state index contributed by atoms with van der Waals surface area (Å²) in [5, 5.41) is 19.3. The Labute approximate surface area is 106 Å². The predicted molar refractivity (Wildman–Crippen MR) is 65.1 cm³/mol. The van der Waals surface area contributed by atoms with Crippen LogP contribution in [0.3, 0.4) is 0 Å². The molecule has 3 nitrogen and oxygen atoms in total. The van der Waals surface area contributed by atoms with Crippen molar-refractivity contribution in [1.82, 2.24) is 0 Å². The molecule has 2 unspecified atom stereocenters. The minimum Gasteiger partial charge on any atom is -0.486 e. The van der Waals surface area contributed by atoms with Gasteiger partial charge in [-0.15, -0.1) is 0 Å². The molecule has 0 saturated heterocycles. The van der Waals surface area contributed by atoms with Gasteiger partial charge in [0.05, 0.1) is 11.7 Å². The van der Waals surface area contributed by atoms with E-state index >= 15 is 0 Å². The van der Waals surface area contributed by atoms with Crippen molar-refractivity contribution >= 4 is 11.6 Å². The van der Waals surface area contributed by atoms with E-state index in [0.717, 1.165) is 25.7 Å². The van der Waals surface area contributed by atoms with Crippen LogP contribution in [0, 0.1) is 11.3 Å². The highest BCUT2D eigenvalue weighted by Crippen LogP contribution is 2.28. The number of ether oxygens (including phenoxy) is 1. The molecule has 0 bridgehead atoms. The third kappa shape index (κ3) is 2.91. The Hall–Kier alpha value is -1.24. The molecule has 1 saturated carbocycles. The Kier molecular flexibility index (Phi) is 3.88. The number of rotatable bonds is 2. The number of hydrogen-bond donors (Lipinski definition) is 1. The molecule has 0 heterocycles. The highest BCUT2D eigenvalue weighted by Gasteiger charge is 2.25. The van der Waals surface area contributed by atoms with Gasteiger partial charge < -0.3 is 9.84 Å². The lowest BCUT2D eigenvalue weighted by Crippen LogP contribution is -2.34. The summed E-state index contributed by atoms with van der Waals surface area (Å²) < 4.78 is 5.71. The third-order valence-electron chi connectivity index (χ3n) is 3.01. The van der Waals surface area contributed by atoms with Gasteiger partial charge >= 0.3 is 0 Å². The van der Waals surface area contributed by atoms with Gasteiger partial charge in [-0.1, -0.05) is 18.0 Å². The fourth-order valence-electron chi connectivity index (χ4n) is 2.06. The molecule has 1 fully saturated rings. The average molecular weight is 252 g/mol. The minimum atomic E-state index is -0.450. The molecule has 1 N–H and O–H groups in total. The Balaban J connectivity index is 2.17. The molecule has 17 heavy (non-hydrogen) atoms. The summed E-state index contributed by atoms with van der Waals surface area (Å²) in [5.41, 5.74) is 0.451. The Morgan fingerprint density at radius 2 is 2.12 bits per heavy atom. The summed E-state index contributed by atoms with van der Waals surface area (Å²) >= 11 is 5.88. The molecule has 0 aliphatic heterocycles. The minimum absolute atomic E-state index is 0.227. The van der Waals surface area contributed by atoms with E-state index in [2.05, 4.69) is 6.07 Å². The maximum Gasteiger partial charge on any atom is 0.139 e. The van der Waals surface area contributed by atoms with E-state index in [1.165, 1.54) is 0 Å². The summed E-state index contributed by atoms with van der Waals surface area (Å²) in [4.78, 5) is 0. The van der Waals surface area contributed by atoms with E-state index < -0.39 is 6.10 Å². The Morgan fingerprint density at radius 1 is 1.35 bits per heavy atom. The summed E-state index contributed by atoms with van der Waals surface area (Å²) in [6.07, 6.45) is 2.97. The van der Waals surface area contributed by atoms with Gasteiger partial charge in [0.2, 0.25) is 0 Å². The molecule has 0 amide bonds. The largest absolute Gasteiger partial charge is 0.486 e. The number of hydrogen-bond acceptors (Lipinski definition) is 3. The van der Waals surface area contributed by atoms with Crippen LogP contribution in [0.1, 0.15) is 31.2 Å². The molecule has 0 radical (unpaired) electrons. The molecule has 1 aromatic rings. The van der Waals surface area contributed by atoms with Crippen molar-refractivity contribution in [2.75, 3.05) is 0 Å². The van der Waals surface area contributed by atoms with Crippen LogP contribution in [0.5, 0.6) is 5.75 Å². The first-order chi connectivity index (χ1) is 8.20. The van der Waals surface area contributed by atoms with Gasteiger partial charge in [-0.2, -0.15) is 5.26 Å². The first kappa shape index (κ1) is 12.2. The highest BCUT2D eigenvalue weighted by molar-refractivity contribution is 6.30. The fourth-order valence-corrected chi connectivity index (χ4v) is 2.23. The summed E-state index contributed by atoms with van der Waals surface area (Å²) in [5.74, 6) is 0.464. The zero-order chi connectivity index (χ0) is 12.3. The summed E-state index contributed by atoms with van der Waals surface area (Å²) in [7, 11) is 0. The molecular formula is C13H14ClNO2. The van der Waals surface area contributed by atoms with E-state index in [9.17, 15) is 5.11 Å². The van der Waals surface area contributed by atoms with Gasteiger partial charge in [0.1, 0.15) is 17.9 Å². The van der Waals surface area contributed by atoms with Crippen LogP contribution < -0.4 is 4.74 Å². The molecule has 0 spiro atoms. The quantitative estimate of drug-likeness (QED) is 0.879. The SMILES string of the molecule is N#Cc1ccc(Cl)cc1OC1CCCCC1O. The summed E-state index contributed by atoms with van der Waals surface area (Å²) in [6.45, 7) is 0. The smallest absolute Gasteiger partial charge is 0.139 e. The highest BCUT2D eigenvalue weighted by atomic mass is 35.5. The van der Waals surface area contributed by atoms with Crippen molar-refractivity contribution in [3.63, 3.8) is 0 Å². The number of nitrogens with zero attached hydrogens (tertiary/aromatic N) is 1. The van der Waals surface area contributed by atoms with Crippen molar-refractivity contribution in [1.29, 1.82) is 5.26 Å². The number of nitriles is 1. The fraction of sp³-hybridized carbons (Fsp3) is 0.462. The normalized spacial score (nSPS) is 24.1. The van der Waals surface area contributed by atoms with E-state index in [1.54, 1.807) is 18.2 Å². The van der Waals surface area contributed by atoms with Gasteiger partial charge in [0, 0.05) is 11.1 Å². The van der Waals surface area contributed by atoms with Crippen molar-refractivity contribution in [3.8, 4) is 11.8 Å². The van der Waals surface area contributed by atoms with E-state index in [-0.39, 0.29) is 6.10 Å². The van der Waals surface area contributed by atoms with Crippen molar-refractivity contribution in [2.24, 2.45) is 0 Å². The number of halogens is 1. The van der Waals surface area contributed by atoms with Crippen molar-refractivity contribution in [2.45, 2.75) is 37.9 Å². The van der Waals surface area contributed by atoms with Crippen LogP contribution in [0.15, 0.2) is 18.2 Å². The Bertz CT molecular complexity index is 442. The van der Waals surface area contributed by atoms with Crippen LogP contribution in [0.25, 0.3) is 0 Å². The lowest BCUT2D eigenvalue weighted by Gasteiger charge is -2.28.